The third-order valence-electron chi connectivity index (χ3n) is 3.28. The normalized spacial score (nSPS) is 17.1. The van der Waals surface area contributed by atoms with Crippen molar-refractivity contribution in [2.75, 3.05) is 19.7 Å². The maximum absolute atomic E-state index is 12.7. The fourth-order valence-corrected chi connectivity index (χ4v) is 4.09. The molecular formula is C12H19N3O4S. The second kappa shape index (κ2) is 5.92. The van der Waals surface area contributed by atoms with Crippen molar-refractivity contribution in [3.05, 3.63) is 11.8 Å². The number of piperidine rings is 1. The van der Waals surface area contributed by atoms with Gasteiger partial charge in [0.2, 0.25) is 0 Å². The third-order valence-corrected chi connectivity index (χ3v) is 5.30. The Labute approximate surface area is 118 Å². The quantitative estimate of drug-likeness (QED) is 0.767. The van der Waals surface area contributed by atoms with Crippen molar-refractivity contribution < 1.29 is 17.9 Å². The van der Waals surface area contributed by atoms with Crippen molar-refractivity contribution in [1.29, 1.82) is 0 Å². The molecule has 0 radical (unpaired) electrons. The van der Waals surface area contributed by atoms with Gasteiger partial charge in [0.1, 0.15) is 5.56 Å². The predicted octanol–water partition coefficient (Wildman–Crippen LogP) is 0.771. The van der Waals surface area contributed by atoms with Gasteiger partial charge in [-0.2, -0.15) is 9.40 Å². The smallest absolute Gasteiger partial charge is 0.342 e. The van der Waals surface area contributed by atoms with Crippen LogP contribution in [-0.4, -0.2) is 48.2 Å². The third kappa shape index (κ3) is 2.71. The number of rotatable bonds is 4. The van der Waals surface area contributed by atoms with Gasteiger partial charge in [0.15, 0.2) is 5.03 Å². The zero-order chi connectivity index (χ0) is 14.8. The van der Waals surface area contributed by atoms with Crippen molar-refractivity contribution >= 4 is 16.0 Å². The standard InChI is InChI=1S/C12H19N3O4S/c1-3-19-12(16)10-9-13-14(2)11(10)20(17,18)15-7-5-4-6-8-15/h9H,3-8H2,1-2H3. The Morgan fingerprint density at radius 1 is 1.35 bits per heavy atom. The van der Waals surface area contributed by atoms with Gasteiger partial charge < -0.3 is 4.74 Å². The average Bonchev–Trinajstić information content (AvgIpc) is 2.83. The summed E-state index contributed by atoms with van der Waals surface area (Å²) in [6.45, 7) is 2.83. The molecule has 112 valence electrons. The van der Waals surface area contributed by atoms with E-state index in [0.29, 0.717) is 13.1 Å². The maximum atomic E-state index is 12.7. The summed E-state index contributed by atoms with van der Waals surface area (Å²) in [5.41, 5.74) is -0.0000709. The Morgan fingerprint density at radius 3 is 2.60 bits per heavy atom. The molecule has 0 spiro atoms. The molecule has 1 aliphatic rings. The predicted molar refractivity (Wildman–Crippen MR) is 71.8 cm³/mol. The summed E-state index contributed by atoms with van der Waals surface area (Å²) in [7, 11) is -2.20. The summed E-state index contributed by atoms with van der Waals surface area (Å²) in [6.07, 6.45) is 3.95. The van der Waals surface area contributed by atoms with E-state index in [0.717, 1.165) is 19.3 Å². The van der Waals surface area contributed by atoms with Gasteiger partial charge in [-0.1, -0.05) is 6.42 Å². The lowest BCUT2D eigenvalue weighted by atomic mass is 10.2. The summed E-state index contributed by atoms with van der Waals surface area (Å²) < 4.78 is 32.8. The Hall–Kier alpha value is -1.41. The molecule has 2 rings (SSSR count). The molecule has 0 N–H and O–H groups in total. The first-order valence-corrected chi connectivity index (χ1v) is 8.11. The van der Waals surface area contributed by atoms with E-state index in [1.54, 1.807) is 6.92 Å². The lowest BCUT2D eigenvalue weighted by Gasteiger charge is -2.26. The van der Waals surface area contributed by atoms with Gasteiger partial charge in [0, 0.05) is 20.1 Å². The monoisotopic (exact) mass is 301 g/mol. The number of hydrogen-bond acceptors (Lipinski definition) is 5. The molecule has 0 aromatic carbocycles. The second-order valence-corrected chi connectivity index (χ2v) is 6.53. The van der Waals surface area contributed by atoms with Crippen LogP contribution in [0.4, 0.5) is 0 Å². The van der Waals surface area contributed by atoms with Gasteiger partial charge in [-0.05, 0) is 19.8 Å². The van der Waals surface area contributed by atoms with Crippen molar-refractivity contribution in [1.82, 2.24) is 14.1 Å². The zero-order valence-electron chi connectivity index (χ0n) is 11.7. The topological polar surface area (TPSA) is 81.5 Å². The molecule has 7 nitrogen and oxygen atoms in total. The van der Waals surface area contributed by atoms with Crippen LogP contribution >= 0.6 is 0 Å². The summed E-state index contributed by atoms with van der Waals surface area (Å²) in [4.78, 5) is 11.8. The van der Waals surface area contributed by atoms with Crippen LogP contribution in [0.15, 0.2) is 11.2 Å². The highest BCUT2D eigenvalue weighted by Crippen LogP contribution is 2.23. The number of carbonyl (C=O) groups excluding carboxylic acids is 1. The number of sulfonamides is 1. The van der Waals surface area contributed by atoms with Crippen molar-refractivity contribution in [2.24, 2.45) is 7.05 Å². The fraction of sp³-hybridized carbons (Fsp3) is 0.667. The Kier molecular flexibility index (Phi) is 4.44. The Balaban J connectivity index is 2.40. The fourth-order valence-electron chi connectivity index (χ4n) is 2.31. The highest BCUT2D eigenvalue weighted by atomic mass is 32.2. The number of aryl methyl sites for hydroxylation is 1. The van der Waals surface area contributed by atoms with E-state index in [1.807, 2.05) is 0 Å². The zero-order valence-corrected chi connectivity index (χ0v) is 12.5. The number of aromatic nitrogens is 2. The van der Waals surface area contributed by atoms with E-state index >= 15 is 0 Å². The first-order chi connectivity index (χ1) is 9.48. The largest absolute Gasteiger partial charge is 0.462 e. The van der Waals surface area contributed by atoms with Gasteiger partial charge in [0.25, 0.3) is 10.0 Å². The molecule has 0 amide bonds. The minimum absolute atomic E-state index is 0.0000709. The molecule has 0 saturated carbocycles. The first kappa shape index (κ1) is 15.0. The molecule has 20 heavy (non-hydrogen) atoms. The molecule has 2 heterocycles. The van der Waals surface area contributed by atoms with E-state index in [-0.39, 0.29) is 17.2 Å². The number of hydrogen-bond donors (Lipinski definition) is 0. The Bertz CT molecular complexity index is 588. The van der Waals surface area contributed by atoms with Crippen LogP contribution in [0.25, 0.3) is 0 Å². The molecule has 1 aromatic rings. The van der Waals surface area contributed by atoms with Gasteiger partial charge in [-0.3, -0.25) is 4.68 Å². The molecule has 1 saturated heterocycles. The van der Waals surface area contributed by atoms with Gasteiger partial charge in [-0.25, -0.2) is 13.2 Å². The molecule has 0 bridgehead atoms. The van der Waals surface area contributed by atoms with Crippen LogP contribution < -0.4 is 0 Å². The number of carbonyl (C=O) groups is 1. The lowest BCUT2D eigenvalue weighted by Crippen LogP contribution is -2.37. The molecule has 1 aliphatic heterocycles. The summed E-state index contributed by atoms with van der Waals surface area (Å²) in [5.74, 6) is -0.656. The van der Waals surface area contributed by atoms with E-state index in [2.05, 4.69) is 5.10 Å². The minimum atomic E-state index is -3.71. The van der Waals surface area contributed by atoms with Crippen molar-refractivity contribution in [3.8, 4) is 0 Å². The van der Waals surface area contributed by atoms with Crippen molar-refractivity contribution in [2.45, 2.75) is 31.2 Å². The molecule has 0 atom stereocenters. The molecule has 1 fully saturated rings. The first-order valence-electron chi connectivity index (χ1n) is 6.67. The van der Waals surface area contributed by atoms with Crippen molar-refractivity contribution in [3.63, 3.8) is 0 Å². The maximum Gasteiger partial charge on any atom is 0.342 e. The molecule has 0 unspecified atom stereocenters. The van der Waals surface area contributed by atoms with Crippen LogP contribution in [0.5, 0.6) is 0 Å². The number of ether oxygens (including phenoxy) is 1. The number of nitrogens with zero attached hydrogens (tertiary/aromatic N) is 3. The van der Waals surface area contributed by atoms with E-state index in [9.17, 15) is 13.2 Å². The van der Waals surface area contributed by atoms with Gasteiger partial charge in [0.05, 0.1) is 12.8 Å². The summed E-state index contributed by atoms with van der Waals surface area (Å²) in [6, 6.07) is 0. The highest BCUT2D eigenvalue weighted by Gasteiger charge is 2.33. The van der Waals surface area contributed by atoms with Crippen LogP contribution in [-0.2, 0) is 21.8 Å². The second-order valence-electron chi connectivity index (χ2n) is 4.67. The number of esters is 1. The van der Waals surface area contributed by atoms with E-state index < -0.39 is 16.0 Å². The summed E-state index contributed by atoms with van der Waals surface area (Å²) in [5, 5.41) is 3.81. The van der Waals surface area contributed by atoms with E-state index in [4.69, 9.17) is 4.74 Å². The lowest BCUT2D eigenvalue weighted by molar-refractivity contribution is 0.0521. The van der Waals surface area contributed by atoms with Crippen LogP contribution in [0, 0.1) is 0 Å². The molecule has 8 heteroatoms. The molecule has 0 aliphatic carbocycles. The SMILES string of the molecule is CCOC(=O)c1cnn(C)c1S(=O)(=O)N1CCCCC1. The Morgan fingerprint density at radius 2 is 2.00 bits per heavy atom. The van der Waals surface area contributed by atoms with Gasteiger partial charge in [-0.15, -0.1) is 0 Å². The van der Waals surface area contributed by atoms with Crippen LogP contribution in [0.1, 0.15) is 36.5 Å². The van der Waals surface area contributed by atoms with Gasteiger partial charge >= 0.3 is 5.97 Å². The molecule has 1 aromatic heterocycles. The molecular weight excluding hydrogens is 282 g/mol. The van der Waals surface area contributed by atoms with Crippen LogP contribution in [0.2, 0.25) is 0 Å². The van der Waals surface area contributed by atoms with Crippen LogP contribution in [0.3, 0.4) is 0 Å². The highest BCUT2D eigenvalue weighted by molar-refractivity contribution is 7.89. The minimum Gasteiger partial charge on any atom is -0.462 e. The summed E-state index contributed by atoms with van der Waals surface area (Å²) >= 11 is 0. The average molecular weight is 301 g/mol. The van der Waals surface area contributed by atoms with E-state index in [1.165, 1.54) is 22.2 Å².